The van der Waals surface area contributed by atoms with Crippen molar-refractivity contribution >= 4 is 34.5 Å². The summed E-state index contributed by atoms with van der Waals surface area (Å²) in [6.07, 6.45) is 0. The van der Waals surface area contributed by atoms with Crippen molar-refractivity contribution in [2.75, 3.05) is 31.1 Å². The Hall–Kier alpha value is -1.59. The van der Waals surface area contributed by atoms with Crippen LogP contribution >= 0.6 is 22.9 Å². The summed E-state index contributed by atoms with van der Waals surface area (Å²) in [6, 6.07) is 7.85. The van der Waals surface area contributed by atoms with Gasteiger partial charge in [0.1, 0.15) is 4.88 Å². The summed E-state index contributed by atoms with van der Waals surface area (Å²) < 4.78 is 0. The highest BCUT2D eigenvalue weighted by Gasteiger charge is 2.25. The number of amides is 1. The molecule has 1 aliphatic heterocycles. The van der Waals surface area contributed by atoms with Crippen molar-refractivity contribution in [3.05, 3.63) is 44.9 Å². The molecule has 1 fully saturated rings. The summed E-state index contributed by atoms with van der Waals surface area (Å²) in [6.45, 7) is 6.98. The van der Waals surface area contributed by atoms with Crippen LogP contribution in [0.1, 0.15) is 20.4 Å². The first-order valence-corrected chi connectivity index (χ1v) is 8.48. The first kappa shape index (κ1) is 15.3. The number of carbonyl (C=O) groups is 1. The minimum absolute atomic E-state index is 0.110. The van der Waals surface area contributed by atoms with Crippen molar-refractivity contribution in [1.82, 2.24) is 9.88 Å². The first-order valence-electron chi connectivity index (χ1n) is 7.28. The number of nitrogens with zero attached hydrogens (tertiary/aromatic N) is 3. The molecule has 1 amide bonds. The van der Waals surface area contributed by atoms with E-state index >= 15 is 0 Å². The second kappa shape index (κ2) is 6.26. The lowest BCUT2D eigenvalue weighted by molar-refractivity contribution is 0.0750. The molecule has 1 saturated heterocycles. The number of thiazole rings is 1. The van der Waals surface area contributed by atoms with E-state index < -0.39 is 0 Å². The standard InChI is InChI=1S/C16H18ClN3OS/c1-11-15(22-12(2)18-11)16(21)20-9-7-19(8-10-20)14-5-3-13(17)4-6-14/h3-6H,7-10H2,1-2H3. The maximum Gasteiger partial charge on any atom is 0.265 e. The number of hydrogen-bond acceptors (Lipinski definition) is 4. The van der Waals surface area contributed by atoms with Crippen LogP contribution in [-0.2, 0) is 0 Å². The zero-order valence-corrected chi connectivity index (χ0v) is 14.2. The van der Waals surface area contributed by atoms with Crippen LogP contribution < -0.4 is 4.90 Å². The van der Waals surface area contributed by atoms with Crippen LogP contribution in [0.5, 0.6) is 0 Å². The topological polar surface area (TPSA) is 36.4 Å². The minimum Gasteiger partial charge on any atom is -0.368 e. The Balaban J connectivity index is 1.65. The van der Waals surface area contributed by atoms with Gasteiger partial charge in [-0.3, -0.25) is 4.79 Å². The number of piperazine rings is 1. The van der Waals surface area contributed by atoms with Gasteiger partial charge in [-0.05, 0) is 38.1 Å². The van der Waals surface area contributed by atoms with E-state index in [1.165, 1.54) is 11.3 Å². The van der Waals surface area contributed by atoms with Crippen LogP contribution in [0.3, 0.4) is 0 Å². The highest BCUT2D eigenvalue weighted by atomic mass is 35.5. The summed E-state index contributed by atoms with van der Waals surface area (Å²) in [5.41, 5.74) is 1.99. The molecule has 0 saturated carbocycles. The second-order valence-electron chi connectivity index (χ2n) is 5.40. The van der Waals surface area contributed by atoms with Crippen molar-refractivity contribution in [3.63, 3.8) is 0 Å². The Kier molecular flexibility index (Phi) is 4.36. The average molecular weight is 336 g/mol. The average Bonchev–Trinajstić information content (AvgIpc) is 2.86. The molecule has 2 heterocycles. The van der Waals surface area contributed by atoms with Gasteiger partial charge in [-0.1, -0.05) is 11.6 Å². The van der Waals surface area contributed by atoms with E-state index in [9.17, 15) is 4.79 Å². The maximum atomic E-state index is 12.6. The van der Waals surface area contributed by atoms with Gasteiger partial charge in [0.05, 0.1) is 10.7 Å². The molecule has 0 radical (unpaired) electrons. The van der Waals surface area contributed by atoms with Gasteiger partial charge in [0.15, 0.2) is 0 Å². The monoisotopic (exact) mass is 335 g/mol. The van der Waals surface area contributed by atoms with Crippen molar-refractivity contribution in [2.45, 2.75) is 13.8 Å². The molecule has 22 heavy (non-hydrogen) atoms. The summed E-state index contributed by atoms with van der Waals surface area (Å²) in [5.74, 6) is 0.110. The Morgan fingerprint density at radius 3 is 2.32 bits per heavy atom. The Labute approximate surface area is 139 Å². The molecule has 4 nitrogen and oxygen atoms in total. The minimum atomic E-state index is 0.110. The Bertz CT molecular complexity index is 675. The van der Waals surface area contributed by atoms with E-state index in [2.05, 4.69) is 9.88 Å². The highest BCUT2D eigenvalue weighted by Crippen LogP contribution is 2.22. The van der Waals surface area contributed by atoms with Crippen molar-refractivity contribution < 1.29 is 4.79 Å². The number of benzene rings is 1. The molecule has 0 atom stereocenters. The molecular formula is C16H18ClN3OS. The SMILES string of the molecule is Cc1nc(C)c(C(=O)N2CCN(c3ccc(Cl)cc3)CC2)s1. The fraction of sp³-hybridized carbons (Fsp3) is 0.375. The molecule has 0 unspecified atom stereocenters. The number of hydrogen-bond donors (Lipinski definition) is 0. The first-order chi connectivity index (χ1) is 10.5. The van der Waals surface area contributed by atoms with E-state index in [4.69, 9.17) is 11.6 Å². The molecular weight excluding hydrogens is 318 g/mol. The number of anilines is 1. The smallest absolute Gasteiger partial charge is 0.265 e. The fourth-order valence-corrected chi connectivity index (χ4v) is 3.71. The molecule has 116 valence electrons. The second-order valence-corrected chi connectivity index (χ2v) is 7.04. The van der Waals surface area contributed by atoms with Gasteiger partial charge in [0, 0.05) is 36.9 Å². The lowest BCUT2D eigenvalue weighted by Crippen LogP contribution is -2.48. The molecule has 0 aliphatic carbocycles. The molecule has 1 aliphatic rings. The van der Waals surface area contributed by atoms with Crippen LogP contribution in [0, 0.1) is 13.8 Å². The van der Waals surface area contributed by atoms with Crippen molar-refractivity contribution in [3.8, 4) is 0 Å². The van der Waals surface area contributed by atoms with Gasteiger partial charge in [-0.2, -0.15) is 0 Å². The number of carbonyl (C=O) groups excluding carboxylic acids is 1. The molecule has 0 bridgehead atoms. The predicted octanol–water partition coefficient (Wildman–Crippen LogP) is 3.38. The van der Waals surface area contributed by atoms with Gasteiger partial charge in [0.2, 0.25) is 0 Å². The molecule has 2 aromatic rings. The van der Waals surface area contributed by atoms with E-state index in [0.29, 0.717) is 0 Å². The van der Waals surface area contributed by atoms with E-state index in [1.807, 2.05) is 43.0 Å². The van der Waals surface area contributed by atoms with Gasteiger partial charge < -0.3 is 9.80 Å². The maximum absolute atomic E-state index is 12.6. The van der Waals surface area contributed by atoms with Gasteiger partial charge in [0.25, 0.3) is 5.91 Å². The highest BCUT2D eigenvalue weighted by molar-refractivity contribution is 7.13. The molecule has 0 spiro atoms. The van der Waals surface area contributed by atoms with E-state index in [1.54, 1.807) is 0 Å². The van der Waals surface area contributed by atoms with E-state index in [-0.39, 0.29) is 5.91 Å². The molecule has 1 aromatic heterocycles. The van der Waals surface area contributed by atoms with Crippen LogP contribution in [0.25, 0.3) is 0 Å². The van der Waals surface area contributed by atoms with Crippen molar-refractivity contribution in [1.29, 1.82) is 0 Å². The fourth-order valence-electron chi connectivity index (χ4n) is 2.69. The summed E-state index contributed by atoms with van der Waals surface area (Å²) in [5, 5.41) is 1.69. The van der Waals surface area contributed by atoms with Gasteiger partial charge in [-0.25, -0.2) is 4.98 Å². The van der Waals surface area contributed by atoms with Crippen LogP contribution in [-0.4, -0.2) is 42.0 Å². The lowest BCUT2D eigenvalue weighted by Gasteiger charge is -2.36. The van der Waals surface area contributed by atoms with Gasteiger partial charge >= 0.3 is 0 Å². The zero-order valence-electron chi connectivity index (χ0n) is 12.7. The molecule has 0 N–H and O–H groups in total. The summed E-state index contributed by atoms with van der Waals surface area (Å²) in [4.78, 5) is 21.9. The largest absolute Gasteiger partial charge is 0.368 e. The predicted molar refractivity (Wildman–Crippen MR) is 91.2 cm³/mol. The molecule has 6 heteroatoms. The number of halogens is 1. The zero-order chi connectivity index (χ0) is 15.7. The Morgan fingerprint density at radius 1 is 1.14 bits per heavy atom. The normalized spacial score (nSPS) is 15.2. The third-order valence-corrected chi connectivity index (χ3v) is 5.17. The molecule has 3 rings (SSSR count). The summed E-state index contributed by atoms with van der Waals surface area (Å²) >= 11 is 7.41. The number of rotatable bonds is 2. The van der Waals surface area contributed by atoms with Crippen LogP contribution in [0.2, 0.25) is 5.02 Å². The van der Waals surface area contributed by atoms with Crippen LogP contribution in [0.15, 0.2) is 24.3 Å². The number of aromatic nitrogens is 1. The third kappa shape index (κ3) is 3.10. The van der Waals surface area contributed by atoms with E-state index in [0.717, 1.165) is 52.5 Å². The van der Waals surface area contributed by atoms with Gasteiger partial charge in [-0.15, -0.1) is 11.3 Å². The summed E-state index contributed by atoms with van der Waals surface area (Å²) in [7, 11) is 0. The van der Waals surface area contributed by atoms with Crippen LogP contribution in [0.4, 0.5) is 5.69 Å². The third-order valence-electron chi connectivity index (χ3n) is 3.86. The quantitative estimate of drug-likeness (QED) is 0.844. The Morgan fingerprint density at radius 2 is 1.77 bits per heavy atom. The van der Waals surface area contributed by atoms with Crippen molar-refractivity contribution in [2.24, 2.45) is 0 Å². The number of aryl methyl sites for hydroxylation is 2. The lowest BCUT2D eigenvalue weighted by atomic mass is 10.2. The molecule has 1 aromatic carbocycles.